The Hall–Kier alpha value is -2.74. The van der Waals surface area contributed by atoms with Crippen LogP contribution in [-0.2, 0) is 0 Å². The van der Waals surface area contributed by atoms with E-state index in [4.69, 9.17) is 11.5 Å². The van der Waals surface area contributed by atoms with Gasteiger partial charge in [-0.1, -0.05) is 54.6 Å². The lowest BCUT2D eigenvalue weighted by Gasteiger charge is -2.18. The average Bonchev–Trinajstić information content (AvgIpc) is 2.52. The third kappa shape index (κ3) is 2.33. The summed E-state index contributed by atoms with van der Waals surface area (Å²) in [5, 5.41) is 0. The van der Waals surface area contributed by atoms with Gasteiger partial charge < -0.3 is 11.5 Å². The van der Waals surface area contributed by atoms with E-state index in [1.165, 1.54) is 16.7 Å². The lowest BCUT2D eigenvalue weighted by molar-refractivity contribution is 1.43. The van der Waals surface area contributed by atoms with Crippen molar-refractivity contribution < 1.29 is 0 Å². The minimum Gasteiger partial charge on any atom is -0.397 e. The van der Waals surface area contributed by atoms with Gasteiger partial charge in [0.05, 0.1) is 11.4 Å². The first-order valence-electron chi connectivity index (χ1n) is 7.39. The third-order valence-electron chi connectivity index (χ3n) is 4.13. The van der Waals surface area contributed by atoms with Crippen molar-refractivity contribution in [2.45, 2.75) is 13.8 Å². The summed E-state index contributed by atoms with van der Waals surface area (Å²) in [6.45, 7) is 4.21. The van der Waals surface area contributed by atoms with Gasteiger partial charge in [0.15, 0.2) is 0 Å². The van der Waals surface area contributed by atoms with Crippen molar-refractivity contribution in [3.8, 4) is 22.3 Å². The SMILES string of the molecule is Cc1ccccc1-c1ccc(N)c(N)c1-c1ccccc1C. The molecule has 0 unspecified atom stereocenters. The van der Waals surface area contributed by atoms with Crippen LogP contribution in [0.5, 0.6) is 0 Å². The zero-order valence-corrected chi connectivity index (χ0v) is 12.9. The number of hydrogen-bond donors (Lipinski definition) is 2. The number of anilines is 2. The molecule has 4 N–H and O–H groups in total. The predicted octanol–water partition coefficient (Wildman–Crippen LogP) is 4.80. The molecule has 0 aliphatic rings. The van der Waals surface area contributed by atoms with E-state index in [0.29, 0.717) is 11.4 Å². The molecule has 0 aliphatic carbocycles. The smallest absolute Gasteiger partial charge is 0.0633 e. The maximum absolute atomic E-state index is 6.35. The van der Waals surface area contributed by atoms with E-state index < -0.39 is 0 Å². The van der Waals surface area contributed by atoms with Crippen LogP contribution in [0.15, 0.2) is 60.7 Å². The van der Waals surface area contributed by atoms with E-state index in [9.17, 15) is 0 Å². The van der Waals surface area contributed by atoms with E-state index in [0.717, 1.165) is 16.7 Å². The highest BCUT2D eigenvalue weighted by molar-refractivity contribution is 5.97. The molecular weight excluding hydrogens is 268 g/mol. The van der Waals surface area contributed by atoms with Gasteiger partial charge in [0.25, 0.3) is 0 Å². The molecule has 2 nitrogen and oxygen atoms in total. The van der Waals surface area contributed by atoms with Gasteiger partial charge in [0, 0.05) is 5.56 Å². The minimum atomic E-state index is 0.621. The Bertz CT molecular complexity index is 835. The molecule has 0 bridgehead atoms. The van der Waals surface area contributed by atoms with Gasteiger partial charge in [0.2, 0.25) is 0 Å². The number of nitrogens with two attached hydrogens (primary N) is 2. The van der Waals surface area contributed by atoms with E-state index >= 15 is 0 Å². The second-order valence-electron chi connectivity index (χ2n) is 5.62. The largest absolute Gasteiger partial charge is 0.397 e. The molecule has 3 rings (SSSR count). The molecule has 3 aromatic carbocycles. The molecule has 0 spiro atoms. The summed E-state index contributed by atoms with van der Waals surface area (Å²) in [5.74, 6) is 0. The van der Waals surface area contributed by atoms with Crippen LogP contribution >= 0.6 is 0 Å². The summed E-state index contributed by atoms with van der Waals surface area (Å²) in [4.78, 5) is 0. The van der Waals surface area contributed by atoms with E-state index in [2.05, 4.69) is 50.2 Å². The lowest BCUT2D eigenvalue weighted by atomic mass is 9.88. The second kappa shape index (κ2) is 5.57. The van der Waals surface area contributed by atoms with Crippen LogP contribution in [0.25, 0.3) is 22.3 Å². The molecule has 0 fully saturated rings. The minimum absolute atomic E-state index is 0.621. The summed E-state index contributed by atoms with van der Waals surface area (Å²) in [6.07, 6.45) is 0. The van der Waals surface area contributed by atoms with Crippen molar-refractivity contribution >= 4 is 11.4 Å². The van der Waals surface area contributed by atoms with Crippen LogP contribution < -0.4 is 11.5 Å². The Morgan fingerprint density at radius 3 is 1.73 bits per heavy atom. The van der Waals surface area contributed by atoms with Gasteiger partial charge in [0.1, 0.15) is 0 Å². The van der Waals surface area contributed by atoms with Crippen molar-refractivity contribution in [2.24, 2.45) is 0 Å². The normalized spacial score (nSPS) is 10.6. The fourth-order valence-corrected chi connectivity index (χ4v) is 2.88. The first-order valence-corrected chi connectivity index (χ1v) is 7.39. The number of rotatable bonds is 2. The van der Waals surface area contributed by atoms with E-state index in [1.807, 2.05) is 24.3 Å². The quantitative estimate of drug-likeness (QED) is 0.665. The van der Waals surface area contributed by atoms with Crippen LogP contribution in [0.1, 0.15) is 11.1 Å². The number of nitrogen functional groups attached to an aromatic ring is 2. The Kier molecular flexibility index (Phi) is 3.60. The summed E-state index contributed by atoms with van der Waals surface area (Å²) in [7, 11) is 0. The molecule has 0 aromatic heterocycles. The first-order chi connectivity index (χ1) is 10.6. The Labute approximate surface area is 131 Å². The van der Waals surface area contributed by atoms with Crippen molar-refractivity contribution in [1.29, 1.82) is 0 Å². The number of aryl methyl sites for hydroxylation is 2. The fourth-order valence-electron chi connectivity index (χ4n) is 2.88. The summed E-state index contributed by atoms with van der Waals surface area (Å²) >= 11 is 0. The van der Waals surface area contributed by atoms with Gasteiger partial charge in [-0.15, -0.1) is 0 Å². The maximum Gasteiger partial charge on any atom is 0.0633 e. The molecule has 0 atom stereocenters. The van der Waals surface area contributed by atoms with Crippen LogP contribution in [0.3, 0.4) is 0 Å². The Balaban J connectivity index is 2.36. The van der Waals surface area contributed by atoms with Crippen LogP contribution in [0, 0.1) is 13.8 Å². The molecule has 0 amide bonds. The Morgan fingerprint density at radius 2 is 1.14 bits per heavy atom. The molecule has 2 heteroatoms. The lowest BCUT2D eigenvalue weighted by Crippen LogP contribution is -2.00. The highest BCUT2D eigenvalue weighted by Gasteiger charge is 2.15. The molecule has 3 aromatic rings. The van der Waals surface area contributed by atoms with Crippen LogP contribution in [-0.4, -0.2) is 0 Å². The van der Waals surface area contributed by atoms with Gasteiger partial charge in [-0.2, -0.15) is 0 Å². The van der Waals surface area contributed by atoms with Crippen LogP contribution in [0.2, 0.25) is 0 Å². The van der Waals surface area contributed by atoms with Gasteiger partial charge in [-0.05, 0) is 47.7 Å². The average molecular weight is 288 g/mol. The molecule has 0 saturated carbocycles. The second-order valence-corrected chi connectivity index (χ2v) is 5.62. The van der Waals surface area contributed by atoms with Gasteiger partial charge in [-0.25, -0.2) is 0 Å². The third-order valence-corrected chi connectivity index (χ3v) is 4.13. The van der Waals surface area contributed by atoms with Crippen molar-refractivity contribution in [3.05, 3.63) is 71.8 Å². The van der Waals surface area contributed by atoms with E-state index in [-0.39, 0.29) is 0 Å². The fraction of sp³-hybridized carbons (Fsp3) is 0.100. The number of benzene rings is 3. The number of hydrogen-bond acceptors (Lipinski definition) is 2. The standard InChI is InChI=1S/C20H20N2/c1-13-7-3-5-9-15(13)17-11-12-18(21)20(22)19(17)16-10-6-4-8-14(16)2/h3-12H,21-22H2,1-2H3. The van der Waals surface area contributed by atoms with Crippen molar-refractivity contribution in [2.75, 3.05) is 11.5 Å². The maximum atomic E-state index is 6.35. The molecule has 110 valence electrons. The van der Waals surface area contributed by atoms with Crippen molar-refractivity contribution in [3.63, 3.8) is 0 Å². The zero-order valence-electron chi connectivity index (χ0n) is 12.9. The molecule has 0 radical (unpaired) electrons. The summed E-state index contributed by atoms with van der Waals surface area (Å²) in [6, 6.07) is 20.6. The predicted molar refractivity (Wildman–Crippen MR) is 95.6 cm³/mol. The topological polar surface area (TPSA) is 52.0 Å². The van der Waals surface area contributed by atoms with Gasteiger partial charge >= 0.3 is 0 Å². The molecule has 0 heterocycles. The van der Waals surface area contributed by atoms with Crippen molar-refractivity contribution in [1.82, 2.24) is 0 Å². The summed E-state index contributed by atoms with van der Waals surface area (Å²) < 4.78 is 0. The first kappa shape index (κ1) is 14.2. The highest BCUT2D eigenvalue weighted by Crippen LogP contribution is 2.41. The van der Waals surface area contributed by atoms with Crippen LogP contribution in [0.4, 0.5) is 11.4 Å². The van der Waals surface area contributed by atoms with E-state index in [1.54, 1.807) is 0 Å². The van der Waals surface area contributed by atoms with Gasteiger partial charge in [-0.3, -0.25) is 0 Å². The Morgan fingerprint density at radius 1 is 0.591 bits per heavy atom. The molecule has 0 saturated heterocycles. The highest BCUT2D eigenvalue weighted by atomic mass is 14.7. The molecule has 0 aliphatic heterocycles. The molecule has 22 heavy (non-hydrogen) atoms. The molecular formula is C20H20N2. The zero-order chi connectivity index (χ0) is 15.7. The monoisotopic (exact) mass is 288 g/mol. The summed E-state index contributed by atoms with van der Waals surface area (Å²) in [5.41, 5.74) is 20.6.